The number of rotatable bonds is 3. The van der Waals surface area contributed by atoms with Crippen molar-refractivity contribution in [2.75, 3.05) is 6.54 Å². The first-order valence-corrected chi connectivity index (χ1v) is 6.37. The van der Waals surface area contributed by atoms with Crippen LogP contribution >= 0.6 is 0 Å². The molecule has 1 aromatic carbocycles. The standard InChI is InChI=1S/C15H18FNO/c1-11-6-5-9-13(14(11)16)15(18)17-10-12-7-3-2-4-8-12/h2-3,5-6,9,12H,4,7-8,10H2,1H3,(H,17,18). The van der Waals surface area contributed by atoms with Gasteiger partial charge in [-0.05, 0) is 43.7 Å². The normalized spacial score (nSPS) is 18.7. The summed E-state index contributed by atoms with van der Waals surface area (Å²) in [4.78, 5) is 11.9. The molecule has 1 aliphatic rings. The van der Waals surface area contributed by atoms with E-state index in [1.807, 2.05) is 0 Å². The van der Waals surface area contributed by atoms with Crippen LogP contribution in [0.15, 0.2) is 30.4 Å². The Kier molecular flexibility index (Phi) is 4.13. The molecule has 0 spiro atoms. The molecule has 2 rings (SSSR count). The number of hydrogen-bond acceptors (Lipinski definition) is 1. The second-order valence-corrected chi connectivity index (χ2v) is 4.80. The van der Waals surface area contributed by atoms with Crippen LogP contribution in [0.5, 0.6) is 0 Å². The second-order valence-electron chi connectivity index (χ2n) is 4.80. The summed E-state index contributed by atoms with van der Waals surface area (Å²) in [6, 6.07) is 4.90. The predicted octanol–water partition coefficient (Wildman–Crippen LogP) is 3.22. The molecule has 0 bridgehead atoms. The molecule has 3 heteroatoms. The zero-order valence-corrected chi connectivity index (χ0v) is 10.6. The summed E-state index contributed by atoms with van der Waals surface area (Å²) in [5, 5.41) is 2.82. The molecular weight excluding hydrogens is 229 g/mol. The fourth-order valence-corrected chi connectivity index (χ4v) is 2.20. The van der Waals surface area contributed by atoms with Crippen LogP contribution in [-0.2, 0) is 0 Å². The quantitative estimate of drug-likeness (QED) is 0.816. The average Bonchev–Trinajstić information content (AvgIpc) is 2.40. The van der Waals surface area contributed by atoms with Crippen molar-refractivity contribution in [3.05, 3.63) is 47.3 Å². The first-order chi connectivity index (χ1) is 8.68. The lowest BCUT2D eigenvalue weighted by molar-refractivity contribution is 0.0942. The molecular formula is C15H18FNO. The SMILES string of the molecule is Cc1cccc(C(=O)NCC2CC=CCC2)c1F. The molecule has 0 saturated heterocycles. The van der Waals surface area contributed by atoms with Crippen LogP contribution < -0.4 is 5.32 Å². The third-order valence-corrected chi connectivity index (χ3v) is 3.37. The monoisotopic (exact) mass is 247 g/mol. The number of benzene rings is 1. The summed E-state index contributed by atoms with van der Waals surface area (Å²) in [6.07, 6.45) is 7.47. The number of carbonyl (C=O) groups is 1. The van der Waals surface area contributed by atoms with Gasteiger partial charge in [0.15, 0.2) is 0 Å². The number of nitrogens with one attached hydrogen (secondary N) is 1. The Morgan fingerprint density at radius 3 is 3.00 bits per heavy atom. The topological polar surface area (TPSA) is 29.1 Å². The molecule has 18 heavy (non-hydrogen) atoms. The molecule has 0 heterocycles. The van der Waals surface area contributed by atoms with Crippen molar-refractivity contribution in [3.8, 4) is 0 Å². The smallest absolute Gasteiger partial charge is 0.254 e. The summed E-state index contributed by atoms with van der Waals surface area (Å²) in [5.41, 5.74) is 0.643. The Hall–Kier alpha value is -1.64. The first kappa shape index (κ1) is 12.8. The Balaban J connectivity index is 1.95. The van der Waals surface area contributed by atoms with Crippen molar-refractivity contribution in [1.82, 2.24) is 5.32 Å². The lowest BCUT2D eigenvalue weighted by Crippen LogP contribution is -2.30. The molecule has 0 fully saturated rings. The molecule has 1 atom stereocenters. The predicted molar refractivity (Wildman–Crippen MR) is 70.0 cm³/mol. The largest absolute Gasteiger partial charge is 0.352 e. The minimum Gasteiger partial charge on any atom is -0.352 e. The molecule has 1 aromatic rings. The van der Waals surface area contributed by atoms with Gasteiger partial charge in [-0.25, -0.2) is 4.39 Å². The van der Waals surface area contributed by atoms with Crippen molar-refractivity contribution in [2.24, 2.45) is 5.92 Å². The van der Waals surface area contributed by atoms with Gasteiger partial charge in [-0.2, -0.15) is 0 Å². The molecule has 96 valence electrons. The van der Waals surface area contributed by atoms with Gasteiger partial charge in [-0.15, -0.1) is 0 Å². The van der Waals surface area contributed by atoms with Crippen molar-refractivity contribution in [1.29, 1.82) is 0 Å². The number of allylic oxidation sites excluding steroid dienone is 2. The van der Waals surface area contributed by atoms with Crippen molar-refractivity contribution >= 4 is 5.91 Å². The Labute approximate surface area is 107 Å². The maximum absolute atomic E-state index is 13.7. The molecule has 1 amide bonds. The van der Waals surface area contributed by atoms with Gasteiger partial charge in [0.25, 0.3) is 5.91 Å². The summed E-state index contributed by atoms with van der Waals surface area (Å²) < 4.78 is 13.7. The van der Waals surface area contributed by atoms with E-state index in [9.17, 15) is 9.18 Å². The van der Waals surface area contributed by atoms with E-state index in [1.165, 1.54) is 6.07 Å². The van der Waals surface area contributed by atoms with E-state index in [4.69, 9.17) is 0 Å². The Bertz CT molecular complexity index is 468. The van der Waals surface area contributed by atoms with Crippen LogP contribution in [0.1, 0.15) is 35.2 Å². The molecule has 1 unspecified atom stereocenters. The van der Waals surface area contributed by atoms with Crippen LogP contribution in [0.25, 0.3) is 0 Å². The third-order valence-electron chi connectivity index (χ3n) is 3.37. The first-order valence-electron chi connectivity index (χ1n) is 6.37. The zero-order valence-electron chi connectivity index (χ0n) is 10.6. The number of halogens is 1. The van der Waals surface area contributed by atoms with E-state index in [0.29, 0.717) is 18.0 Å². The van der Waals surface area contributed by atoms with Crippen LogP contribution in [0.2, 0.25) is 0 Å². The summed E-state index contributed by atoms with van der Waals surface area (Å²) >= 11 is 0. The van der Waals surface area contributed by atoms with Gasteiger partial charge in [0.05, 0.1) is 5.56 Å². The maximum atomic E-state index is 13.7. The highest BCUT2D eigenvalue weighted by molar-refractivity contribution is 5.94. The highest BCUT2D eigenvalue weighted by Crippen LogP contribution is 2.17. The van der Waals surface area contributed by atoms with Crippen LogP contribution in [-0.4, -0.2) is 12.5 Å². The van der Waals surface area contributed by atoms with E-state index in [1.54, 1.807) is 19.1 Å². The van der Waals surface area contributed by atoms with Gasteiger partial charge in [0.1, 0.15) is 5.82 Å². The van der Waals surface area contributed by atoms with Crippen LogP contribution in [0.4, 0.5) is 4.39 Å². The summed E-state index contributed by atoms with van der Waals surface area (Å²) in [6.45, 7) is 2.29. The minimum absolute atomic E-state index is 0.140. The number of amides is 1. The number of carbonyl (C=O) groups excluding carboxylic acids is 1. The molecule has 0 radical (unpaired) electrons. The lowest BCUT2D eigenvalue weighted by Gasteiger charge is -2.18. The van der Waals surface area contributed by atoms with Crippen molar-refractivity contribution in [3.63, 3.8) is 0 Å². The Morgan fingerprint density at radius 1 is 1.44 bits per heavy atom. The molecule has 0 aromatic heterocycles. The maximum Gasteiger partial charge on any atom is 0.254 e. The van der Waals surface area contributed by atoms with E-state index in [-0.39, 0.29) is 11.5 Å². The molecule has 1 aliphatic carbocycles. The molecule has 2 nitrogen and oxygen atoms in total. The minimum atomic E-state index is -0.418. The second kappa shape index (κ2) is 5.80. The van der Waals surface area contributed by atoms with Gasteiger partial charge >= 0.3 is 0 Å². The number of hydrogen-bond donors (Lipinski definition) is 1. The van der Waals surface area contributed by atoms with Crippen molar-refractivity contribution < 1.29 is 9.18 Å². The third kappa shape index (κ3) is 2.97. The fourth-order valence-electron chi connectivity index (χ4n) is 2.20. The van der Waals surface area contributed by atoms with E-state index >= 15 is 0 Å². The van der Waals surface area contributed by atoms with Crippen molar-refractivity contribution in [2.45, 2.75) is 26.2 Å². The number of aryl methyl sites for hydroxylation is 1. The summed E-state index contributed by atoms with van der Waals surface area (Å²) in [5.74, 6) is -0.254. The molecule has 1 N–H and O–H groups in total. The van der Waals surface area contributed by atoms with Crippen LogP contribution in [0, 0.1) is 18.7 Å². The fraction of sp³-hybridized carbons (Fsp3) is 0.400. The van der Waals surface area contributed by atoms with E-state index in [2.05, 4.69) is 17.5 Å². The average molecular weight is 247 g/mol. The molecule has 0 aliphatic heterocycles. The highest BCUT2D eigenvalue weighted by Gasteiger charge is 2.15. The summed E-state index contributed by atoms with van der Waals surface area (Å²) in [7, 11) is 0. The van der Waals surface area contributed by atoms with Gasteiger partial charge in [-0.3, -0.25) is 4.79 Å². The van der Waals surface area contributed by atoms with E-state index in [0.717, 1.165) is 19.3 Å². The van der Waals surface area contributed by atoms with Gasteiger partial charge < -0.3 is 5.32 Å². The highest BCUT2D eigenvalue weighted by atomic mass is 19.1. The van der Waals surface area contributed by atoms with Crippen LogP contribution in [0.3, 0.4) is 0 Å². The van der Waals surface area contributed by atoms with Gasteiger partial charge in [-0.1, -0.05) is 24.3 Å². The molecule has 0 saturated carbocycles. The van der Waals surface area contributed by atoms with E-state index < -0.39 is 5.82 Å². The van der Waals surface area contributed by atoms with Gasteiger partial charge in [0.2, 0.25) is 0 Å². The Morgan fingerprint density at radius 2 is 2.28 bits per heavy atom. The zero-order chi connectivity index (χ0) is 13.0. The van der Waals surface area contributed by atoms with Gasteiger partial charge in [0, 0.05) is 6.54 Å². The lowest BCUT2D eigenvalue weighted by atomic mass is 9.94.